The van der Waals surface area contributed by atoms with Crippen LogP contribution in [0.25, 0.3) is 11.5 Å². The summed E-state index contributed by atoms with van der Waals surface area (Å²) in [5.74, 6) is -1.73. The highest BCUT2D eigenvalue weighted by Gasteiger charge is 2.37. The molecule has 0 bridgehead atoms. The summed E-state index contributed by atoms with van der Waals surface area (Å²) in [6, 6.07) is 6.15. The van der Waals surface area contributed by atoms with Crippen molar-refractivity contribution in [3.8, 4) is 11.5 Å². The van der Waals surface area contributed by atoms with Crippen molar-refractivity contribution >= 4 is 17.6 Å². The fraction of sp³-hybridized carbons (Fsp3) is 0.300. The maximum Gasteiger partial charge on any atom is 0.433 e. The van der Waals surface area contributed by atoms with Gasteiger partial charge in [-0.25, -0.2) is 13.8 Å². The maximum atomic E-state index is 13.5. The van der Waals surface area contributed by atoms with Crippen LogP contribution in [0.2, 0.25) is 0 Å². The van der Waals surface area contributed by atoms with Gasteiger partial charge in [0, 0.05) is 18.3 Å². The molecule has 0 saturated heterocycles. The molecule has 0 aliphatic heterocycles. The minimum atomic E-state index is -4.63. The second-order valence-corrected chi connectivity index (χ2v) is 7.66. The highest BCUT2D eigenvalue weighted by Crippen LogP contribution is 2.44. The molecule has 11 heteroatoms. The molecule has 6 nitrogen and oxygen atoms in total. The first-order chi connectivity index (χ1) is 14.6. The third-order valence-electron chi connectivity index (χ3n) is 4.80. The monoisotopic (exact) mass is 436 g/mol. The van der Waals surface area contributed by atoms with Gasteiger partial charge in [0.25, 0.3) is 0 Å². The van der Waals surface area contributed by atoms with E-state index in [-0.39, 0.29) is 34.5 Å². The van der Waals surface area contributed by atoms with Crippen LogP contribution < -0.4 is 10.6 Å². The number of nitrogens with zero attached hydrogens (tertiary/aromatic N) is 4. The van der Waals surface area contributed by atoms with Gasteiger partial charge in [-0.3, -0.25) is 0 Å². The highest BCUT2D eigenvalue weighted by molar-refractivity contribution is 5.59. The van der Waals surface area contributed by atoms with E-state index in [4.69, 9.17) is 0 Å². The Morgan fingerprint density at radius 2 is 1.61 bits per heavy atom. The summed E-state index contributed by atoms with van der Waals surface area (Å²) < 4.78 is 66.2. The van der Waals surface area contributed by atoms with E-state index in [0.29, 0.717) is 12.6 Å². The summed E-state index contributed by atoms with van der Waals surface area (Å²) in [6.45, 7) is 2.63. The van der Waals surface area contributed by atoms with Crippen molar-refractivity contribution < 1.29 is 22.0 Å². The number of halogens is 5. The molecular formula is C20H17F5N6. The summed E-state index contributed by atoms with van der Waals surface area (Å²) in [5.41, 5.74) is -1.08. The first-order valence-corrected chi connectivity index (χ1v) is 9.37. The number of pyridine rings is 1. The van der Waals surface area contributed by atoms with Crippen molar-refractivity contribution in [2.45, 2.75) is 25.9 Å². The van der Waals surface area contributed by atoms with Crippen molar-refractivity contribution in [1.29, 1.82) is 0 Å². The average molecular weight is 436 g/mol. The molecule has 4 rings (SSSR count). The van der Waals surface area contributed by atoms with Gasteiger partial charge in [0.2, 0.25) is 11.9 Å². The number of hydrogen-bond donors (Lipinski definition) is 2. The number of rotatable bonds is 6. The molecule has 31 heavy (non-hydrogen) atoms. The number of hydrogen-bond acceptors (Lipinski definition) is 6. The number of aromatic nitrogens is 4. The summed E-state index contributed by atoms with van der Waals surface area (Å²) in [7, 11) is 0. The zero-order valence-electron chi connectivity index (χ0n) is 16.3. The van der Waals surface area contributed by atoms with Crippen LogP contribution in [0.4, 0.5) is 39.5 Å². The van der Waals surface area contributed by atoms with E-state index in [1.54, 1.807) is 0 Å². The molecule has 1 aromatic carbocycles. The standard InChI is InChI=1S/C20H17F5N6/c1-19(5-6-19)10-26-17-29-16(14-3-2-4-15(28-14)20(23,24)25)30-18(31-17)27-13-8-11(21)7-12(22)9-13/h2-4,7-9H,5-6,10H2,1H3,(H2,26,27,29,30,31). The fourth-order valence-corrected chi connectivity index (χ4v) is 2.78. The number of nitrogens with one attached hydrogen (secondary N) is 2. The third-order valence-corrected chi connectivity index (χ3v) is 4.80. The predicted molar refractivity (Wildman–Crippen MR) is 104 cm³/mol. The first kappa shape index (κ1) is 20.9. The van der Waals surface area contributed by atoms with Crippen LogP contribution >= 0.6 is 0 Å². The highest BCUT2D eigenvalue weighted by atomic mass is 19.4. The normalized spacial score (nSPS) is 14.9. The second kappa shape index (κ2) is 7.71. The molecule has 0 unspecified atom stereocenters. The second-order valence-electron chi connectivity index (χ2n) is 7.66. The van der Waals surface area contributed by atoms with Crippen LogP contribution in [0.1, 0.15) is 25.5 Å². The number of alkyl halides is 3. The summed E-state index contributed by atoms with van der Waals surface area (Å²) in [4.78, 5) is 16.1. The lowest BCUT2D eigenvalue weighted by molar-refractivity contribution is -0.141. The largest absolute Gasteiger partial charge is 0.433 e. The molecular weight excluding hydrogens is 419 g/mol. The Morgan fingerprint density at radius 3 is 2.26 bits per heavy atom. The quantitative estimate of drug-likeness (QED) is 0.519. The van der Waals surface area contributed by atoms with Crippen molar-refractivity contribution in [2.24, 2.45) is 5.41 Å². The van der Waals surface area contributed by atoms with E-state index < -0.39 is 23.5 Å². The van der Waals surface area contributed by atoms with E-state index in [0.717, 1.165) is 31.0 Å². The fourth-order valence-electron chi connectivity index (χ4n) is 2.78. The zero-order chi connectivity index (χ0) is 22.2. The van der Waals surface area contributed by atoms with Gasteiger partial charge in [-0.05, 0) is 42.5 Å². The Bertz CT molecular complexity index is 1090. The molecule has 0 spiro atoms. The Hall–Kier alpha value is -3.37. The molecule has 2 heterocycles. The molecule has 2 aromatic heterocycles. The summed E-state index contributed by atoms with van der Waals surface area (Å²) in [5, 5.41) is 5.71. The minimum absolute atomic E-state index is 0.0340. The molecule has 1 fully saturated rings. The SMILES string of the molecule is CC1(CNc2nc(Nc3cc(F)cc(F)c3)nc(-c3cccc(C(F)(F)F)n3)n2)CC1. The van der Waals surface area contributed by atoms with Crippen molar-refractivity contribution in [3.63, 3.8) is 0 Å². The van der Waals surface area contributed by atoms with Crippen molar-refractivity contribution in [2.75, 3.05) is 17.2 Å². The van der Waals surface area contributed by atoms with Gasteiger partial charge >= 0.3 is 6.18 Å². The number of anilines is 3. The van der Waals surface area contributed by atoms with Gasteiger partial charge in [0.05, 0.1) is 0 Å². The van der Waals surface area contributed by atoms with Gasteiger partial charge < -0.3 is 10.6 Å². The topological polar surface area (TPSA) is 75.6 Å². The van der Waals surface area contributed by atoms with E-state index >= 15 is 0 Å². The molecule has 162 valence electrons. The minimum Gasteiger partial charge on any atom is -0.354 e. The van der Waals surface area contributed by atoms with E-state index in [1.165, 1.54) is 12.1 Å². The number of benzene rings is 1. The van der Waals surface area contributed by atoms with Crippen LogP contribution in [-0.4, -0.2) is 26.5 Å². The van der Waals surface area contributed by atoms with Crippen LogP contribution in [0.3, 0.4) is 0 Å². The van der Waals surface area contributed by atoms with E-state index in [1.807, 2.05) is 0 Å². The molecule has 1 saturated carbocycles. The smallest absolute Gasteiger partial charge is 0.354 e. The van der Waals surface area contributed by atoms with Crippen LogP contribution in [-0.2, 0) is 6.18 Å². The van der Waals surface area contributed by atoms with Gasteiger partial charge in [0.15, 0.2) is 5.82 Å². The molecule has 0 atom stereocenters. The Labute approximate surface area is 174 Å². The van der Waals surface area contributed by atoms with E-state index in [2.05, 4.69) is 37.5 Å². The Balaban J connectivity index is 1.70. The molecule has 1 aliphatic rings. The van der Waals surface area contributed by atoms with Gasteiger partial charge in [-0.2, -0.15) is 28.1 Å². The Morgan fingerprint density at radius 1 is 0.935 bits per heavy atom. The Kier molecular flexibility index (Phi) is 5.19. The van der Waals surface area contributed by atoms with E-state index in [9.17, 15) is 22.0 Å². The van der Waals surface area contributed by atoms with Gasteiger partial charge in [-0.15, -0.1) is 0 Å². The summed E-state index contributed by atoms with van der Waals surface area (Å²) in [6.07, 6.45) is -2.58. The average Bonchev–Trinajstić information content (AvgIpc) is 3.43. The van der Waals surface area contributed by atoms with Crippen molar-refractivity contribution in [1.82, 2.24) is 19.9 Å². The van der Waals surface area contributed by atoms with Gasteiger partial charge in [0.1, 0.15) is 23.0 Å². The zero-order valence-corrected chi connectivity index (χ0v) is 16.3. The molecule has 3 aromatic rings. The third kappa shape index (κ3) is 5.22. The molecule has 1 aliphatic carbocycles. The van der Waals surface area contributed by atoms with Crippen LogP contribution in [0.5, 0.6) is 0 Å². The lowest BCUT2D eigenvalue weighted by atomic mass is 10.1. The van der Waals surface area contributed by atoms with Gasteiger partial charge in [-0.1, -0.05) is 13.0 Å². The lowest BCUT2D eigenvalue weighted by Gasteiger charge is -2.13. The van der Waals surface area contributed by atoms with Crippen LogP contribution in [0.15, 0.2) is 36.4 Å². The first-order valence-electron chi connectivity index (χ1n) is 9.37. The van der Waals surface area contributed by atoms with Crippen molar-refractivity contribution in [3.05, 3.63) is 53.7 Å². The lowest BCUT2D eigenvalue weighted by Crippen LogP contribution is -2.15. The maximum absolute atomic E-state index is 13.5. The molecule has 2 N–H and O–H groups in total. The molecule has 0 radical (unpaired) electrons. The predicted octanol–water partition coefficient (Wildman–Crippen LogP) is 5.19. The summed E-state index contributed by atoms with van der Waals surface area (Å²) >= 11 is 0. The van der Waals surface area contributed by atoms with Crippen LogP contribution in [0, 0.1) is 17.0 Å². The molecule has 0 amide bonds.